The highest BCUT2D eigenvalue weighted by atomic mass is 16.2. The summed E-state index contributed by atoms with van der Waals surface area (Å²) in [5.41, 5.74) is 1.45. The quantitative estimate of drug-likeness (QED) is 0.912. The highest BCUT2D eigenvalue weighted by Gasteiger charge is 2.37. The van der Waals surface area contributed by atoms with Crippen molar-refractivity contribution in [3.63, 3.8) is 0 Å². The fourth-order valence-corrected chi connectivity index (χ4v) is 3.56. The van der Waals surface area contributed by atoms with Crippen molar-refractivity contribution < 1.29 is 4.79 Å². The highest BCUT2D eigenvalue weighted by molar-refractivity contribution is 5.88. The van der Waals surface area contributed by atoms with Crippen LogP contribution in [0.5, 0.6) is 0 Å². The average molecular weight is 355 g/mol. The van der Waals surface area contributed by atoms with Crippen LogP contribution in [0, 0.1) is 6.92 Å². The Morgan fingerprint density at radius 3 is 2.50 bits per heavy atom. The summed E-state index contributed by atoms with van der Waals surface area (Å²) < 4.78 is 2.19. The molecule has 0 saturated heterocycles. The van der Waals surface area contributed by atoms with E-state index in [-0.39, 0.29) is 11.9 Å². The number of hydrogen-bond acceptors (Lipinski definition) is 4. The van der Waals surface area contributed by atoms with Gasteiger partial charge in [0, 0.05) is 18.2 Å². The van der Waals surface area contributed by atoms with Crippen molar-refractivity contribution in [2.75, 3.05) is 11.9 Å². The van der Waals surface area contributed by atoms with Crippen LogP contribution in [0.2, 0.25) is 0 Å². The zero-order valence-corrected chi connectivity index (χ0v) is 16.6. The normalized spacial score (nSPS) is 17.3. The summed E-state index contributed by atoms with van der Waals surface area (Å²) in [7, 11) is 0. The Bertz CT molecular complexity index is 791. The van der Waals surface area contributed by atoms with Gasteiger partial charge in [0.05, 0.1) is 12.6 Å². The Morgan fingerprint density at radius 1 is 1.23 bits per heavy atom. The first-order valence-corrected chi connectivity index (χ1v) is 9.27. The number of benzene rings is 1. The Morgan fingerprint density at radius 2 is 1.88 bits per heavy atom. The summed E-state index contributed by atoms with van der Waals surface area (Å²) in [4.78, 5) is 15.1. The average Bonchev–Trinajstić information content (AvgIpc) is 3.01. The third kappa shape index (κ3) is 3.45. The maximum Gasteiger partial charge on any atom is 0.248 e. The lowest BCUT2D eigenvalue weighted by Gasteiger charge is -2.38. The molecule has 6 nitrogen and oxygen atoms in total. The van der Waals surface area contributed by atoms with Crippen LogP contribution in [0.3, 0.4) is 0 Å². The van der Waals surface area contributed by atoms with Crippen molar-refractivity contribution in [3.05, 3.63) is 41.5 Å². The van der Waals surface area contributed by atoms with Crippen LogP contribution in [0.25, 0.3) is 0 Å². The van der Waals surface area contributed by atoms with E-state index in [1.54, 1.807) is 0 Å². The predicted octanol–water partition coefficient (Wildman–Crippen LogP) is 3.50. The van der Waals surface area contributed by atoms with Gasteiger partial charge < -0.3 is 14.8 Å². The maximum atomic E-state index is 13.2. The molecule has 26 heavy (non-hydrogen) atoms. The summed E-state index contributed by atoms with van der Waals surface area (Å²) in [5, 5.41) is 12.0. The molecule has 1 N–H and O–H groups in total. The molecule has 0 saturated carbocycles. The van der Waals surface area contributed by atoms with Crippen molar-refractivity contribution in [2.45, 2.75) is 65.6 Å². The Hall–Kier alpha value is -2.37. The van der Waals surface area contributed by atoms with Crippen molar-refractivity contribution in [1.82, 2.24) is 19.7 Å². The molecule has 0 aliphatic carbocycles. The van der Waals surface area contributed by atoms with Gasteiger partial charge in [0.25, 0.3) is 0 Å². The zero-order valence-electron chi connectivity index (χ0n) is 16.6. The van der Waals surface area contributed by atoms with E-state index in [0.29, 0.717) is 19.0 Å². The van der Waals surface area contributed by atoms with Gasteiger partial charge >= 0.3 is 0 Å². The van der Waals surface area contributed by atoms with Gasteiger partial charge in [0.15, 0.2) is 5.82 Å². The smallest absolute Gasteiger partial charge is 0.248 e. The van der Waals surface area contributed by atoms with Crippen LogP contribution in [0.15, 0.2) is 24.3 Å². The molecule has 2 heterocycles. The monoisotopic (exact) mass is 355 g/mol. The van der Waals surface area contributed by atoms with E-state index in [2.05, 4.69) is 47.8 Å². The Balaban J connectivity index is 1.78. The summed E-state index contributed by atoms with van der Waals surface area (Å²) >= 11 is 0. The molecule has 1 aromatic heterocycles. The Labute approximate surface area is 155 Å². The second-order valence-corrected chi connectivity index (χ2v) is 8.15. The highest BCUT2D eigenvalue weighted by Crippen LogP contribution is 2.27. The van der Waals surface area contributed by atoms with Crippen molar-refractivity contribution in [3.8, 4) is 0 Å². The third-order valence-electron chi connectivity index (χ3n) is 4.90. The van der Waals surface area contributed by atoms with Gasteiger partial charge in [-0.25, -0.2) is 0 Å². The number of aryl methyl sites for hydroxylation is 1. The number of rotatable bonds is 4. The maximum absolute atomic E-state index is 13.2. The van der Waals surface area contributed by atoms with Crippen LogP contribution in [-0.2, 0) is 11.3 Å². The lowest BCUT2D eigenvalue weighted by molar-refractivity contribution is -0.137. The molecule has 1 aliphatic heterocycles. The number of aromatic nitrogens is 3. The number of nitrogens with one attached hydrogen (secondary N) is 1. The fraction of sp³-hybridized carbons (Fsp3) is 0.550. The second-order valence-electron chi connectivity index (χ2n) is 8.15. The van der Waals surface area contributed by atoms with Crippen molar-refractivity contribution in [1.29, 1.82) is 0 Å². The van der Waals surface area contributed by atoms with E-state index >= 15 is 0 Å². The number of hydrogen-bond donors (Lipinski definition) is 1. The van der Waals surface area contributed by atoms with Crippen molar-refractivity contribution in [2.24, 2.45) is 0 Å². The van der Waals surface area contributed by atoms with Gasteiger partial charge in [-0.3, -0.25) is 4.79 Å². The lowest BCUT2D eigenvalue weighted by atomic mass is 10.0. The Kier molecular flexibility index (Phi) is 4.78. The fourth-order valence-electron chi connectivity index (χ4n) is 3.56. The van der Waals surface area contributed by atoms with Gasteiger partial charge in [-0.1, -0.05) is 31.5 Å². The SMILES string of the molecule is Cc1ccc(NC(C)(C)C(=O)N2Cc3nnc(C(C)C)n3[C@@H](C)C2)cc1. The van der Waals surface area contributed by atoms with Gasteiger partial charge in [-0.2, -0.15) is 0 Å². The van der Waals surface area contributed by atoms with Gasteiger partial charge in [0.2, 0.25) is 5.91 Å². The minimum atomic E-state index is -0.696. The molecule has 3 rings (SSSR count). The van der Waals surface area contributed by atoms with Gasteiger partial charge in [-0.05, 0) is 39.8 Å². The molecule has 0 fully saturated rings. The molecular formula is C20H29N5O. The van der Waals surface area contributed by atoms with E-state index in [4.69, 9.17) is 0 Å². The third-order valence-corrected chi connectivity index (χ3v) is 4.90. The molecule has 6 heteroatoms. The van der Waals surface area contributed by atoms with Crippen LogP contribution in [0.4, 0.5) is 5.69 Å². The summed E-state index contributed by atoms with van der Waals surface area (Å²) in [6, 6.07) is 8.28. The topological polar surface area (TPSA) is 63.1 Å². The van der Waals surface area contributed by atoms with E-state index in [1.165, 1.54) is 5.56 Å². The molecule has 0 bridgehead atoms. The first kappa shape index (κ1) is 18.4. The standard InChI is InChI=1S/C20H29N5O/c1-13(2)18-23-22-17-12-24(11-15(4)25(17)18)19(26)20(5,6)21-16-9-7-14(3)8-10-16/h7-10,13,15,21H,11-12H2,1-6H3/t15-/m0/s1. The first-order valence-electron chi connectivity index (χ1n) is 9.27. The largest absolute Gasteiger partial charge is 0.372 e. The van der Waals surface area contributed by atoms with Crippen LogP contribution in [-0.4, -0.2) is 37.7 Å². The molecule has 0 radical (unpaired) electrons. The van der Waals surface area contributed by atoms with E-state index in [0.717, 1.165) is 17.3 Å². The number of carbonyl (C=O) groups is 1. The summed E-state index contributed by atoms with van der Waals surface area (Å²) in [6.07, 6.45) is 0. The van der Waals surface area contributed by atoms with Crippen molar-refractivity contribution >= 4 is 11.6 Å². The summed E-state index contributed by atoms with van der Waals surface area (Å²) in [5.74, 6) is 2.26. The van der Waals surface area contributed by atoms with Crippen LogP contribution < -0.4 is 5.32 Å². The second kappa shape index (κ2) is 6.74. The molecule has 0 spiro atoms. The lowest BCUT2D eigenvalue weighted by Crippen LogP contribution is -2.52. The minimum absolute atomic E-state index is 0.0743. The zero-order chi connectivity index (χ0) is 19.1. The predicted molar refractivity (Wildman–Crippen MR) is 103 cm³/mol. The molecule has 1 aliphatic rings. The van der Waals surface area contributed by atoms with Gasteiger partial charge in [-0.15, -0.1) is 10.2 Å². The van der Waals surface area contributed by atoms with Gasteiger partial charge in [0.1, 0.15) is 11.4 Å². The number of nitrogens with zero attached hydrogens (tertiary/aromatic N) is 4. The van der Waals surface area contributed by atoms with E-state index in [1.807, 2.05) is 43.0 Å². The molecule has 140 valence electrons. The summed E-state index contributed by atoms with van der Waals surface area (Å²) in [6.45, 7) is 13.4. The molecule has 1 amide bonds. The first-order chi connectivity index (χ1) is 12.2. The number of anilines is 1. The molecule has 1 atom stereocenters. The number of carbonyl (C=O) groups excluding carboxylic acids is 1. The van der Waals surface area contributed by atoms with E-state index in [9.17, 15) is 4.79 Å². The van der Waals surface area contributed by atoms with Crippen LogP contribution >= 0.6 is 0 Å². The molecule has 0 unspecified atom stereocenters. The molecular weight excluding hydrogens is 326 g/mol. The molecule has 2 aromatic rings. The minimum Gasteiger partial charge on any atom is -0.372 e. The molecule has 1 aromatic carbocycles. The van der Waals surface area contributed by atoms with E-state index < -0.39 is 5.54 Å². The van der Waals surface area contributed by atoms with Crippen LogP contribution in [0.1, 0.15) is 63.8 Å². The number of amides is 1. The number of fused-ring (bicyclic) bond motifs is 1.